The molecular formula is C45H51N4O16+. The molecule has 0 bridgehead atoms. The first-order valence-corrected chi connectivity index (χ1v) is 20.5. The fourth-order valence-corrected chi connectivity index (χ4v) is 7.66. The van der Waals surface area contributed by atoms with E-state index >= 15 is 0 Å². The molecular weight excluding hydrogens is 853 g/mol. The monoisotopic (exact) mass is 903 g/mol. The summed E-state index contributed by atoms with van der Waals surface area (Å²) in [6.07, 6.45) is -16.2. The Morgan fingerprint density at radius 1 is 0.754 bits per heavy atom. The van der Waals surface area contributed by atoms with Crippen molar-refractivity contribution in [3.05, 3.63) is 95.3 Å². The molecule has 7 rings (SSSR count). The SMILES string of the molecule is CN(C)c1ccc2c(-c3cc(C(=O)NCC(=O)Nc4ccc(O[C@@H]5O[C@H](CO)[C@@H](O[C@@H]6O[C@H](CO)[C@H](O)[C@H](O)[C@H]6O)[C@H](O)[C@H]5O)cc4)ccc3C(=O)O)c3ccc(=[N+](C)C)cc-3oc2c1. The number of anilines is 2. The van der Waals surface area contributed by atoms with E-state index in [2.05, 4.69) is 10.6 Å². The second-order valence-electron chi connectivity index (χ2n) is 16.1. The number of hydrogen-bond acceptors (Lipinski definition) is 16. The quantitative estimate of drug-likeness (QED) is 0.0520. The molecule has 2 saturated heterocycles. The van der Waals surface area contributed by atoms with Gasteiger partial charge in [-0.2, -0.15) is 0 Å². The van der Waals surface area contributed by atoms with E-state index in [1.54, 1.807) is 0 Å². The van der Waals surface area contributed by atoms with Crippen LogP contribution < -0.4 is 30.2 Å². The molecule has 4 aliphatic rings. The topological polar surface area (TPSA) is 293 Å². The van der Waals surface area contributed by atoms with Crippen molar-refractivity contribution in [2.24, 2.45) is 0 Å². The van der Waals surface area contributed by atoms with Gasteiger partial charge in [0, 0.05) is 59.7 Å². The van der Waals surface area contributed by atoms with Crippen molar-refractivity contribution < 1.29 is 78.6 Å². The van der Waals surface area contributed by atoms with E-state index in [-0.39, 0.29) is 22.4 Å². The molecule has 65 heavy (non-hydrogen) atoms. The Kier molecular flexibility index (Phi) is 14.2. The van der Waals surface area contributed by atoms with Gasteiger partial charge < -0.3 is 79.8 Å². The van der Waals surface area contributed by atoms with Crippen LogP contribution in [0, 0.1) is 0 Å². The van der Waals surface area contributed by atoms with Gasteiger partial charge in [-0.05, 0) is 66.2 Å². The summed E-state index contributed by atoms with van der Waals surface area (Å²) in [4.78, 5) is 41.1. The molecule has 20 nitrogen and oxygen atoms in total. The molecule has 0 spiro atoms. The molecule has 3 aliphatic heterocycles. The Hall–Kier alpha value is -6.04. The van der Waals surface area contributed by atoms with Crippen LogP contribution in [0.15, 0.2) is 83.3 Å². The zero-order valence-electron chi connectivity index (χ0n) is 35.6. The predicted molar refractivity (Wildman–Crippen MR) is 231 cm³/mol. The second-order valence-corrected chi connectivity index (χ2v) is 16.1. The molecule has 0 radical (unpaired) electrons. The van der Waals surface area contributed by atoms with Gasteiger partial charge in [0.15, 0.2) is 6.29 Å². The highest BCUT2D eigenvalue weighted by atomic mass is 16.7. The van der Waals surface area contributed by atoms with E-state index in [1.165, 1.54) is 42.5 Å². The van der Waals surface area contributed by atoms with E-state index in [4.69, 9.17) is 23.4 Å². The molecule has 0 unspecified atom stereocenters. The maximum atomic E-state index is 13.5. The number of aromatic carboxylic acids is 1. The Morgan fingerprint density at radius 2 is 1.45 bits per heavy atom. The van der Waals surface area contributed by atoms with Crippen molar-refractivity contribution in [3.63, 3.8) is 0 Å². The number of carboxylic acids is 1. The number of aliphatic hydroxyl groups is 7. The lowest BCUT2D eigenvalue weighted by atomic mass is 9.89. The van der Waals surface area contributed by atoms with E-state index in [0.717, 1.165) is 11.0 Å². The standard InChI is InChI=1S/C45H50N4O16/c1-48(2)23-8-13-27-30(16-23)62-31-17-24(49(3)4)9-14-28(31)35(27)29-15-21(5-12-26(29)43(59)60)42(58)46-18-34(52)47-22-6-10-25(11-7-22)61-44-40(57)38(55)41(33(20-51)64-44)65-45-39(56)37(54)36(53)32(19-50)63-45/h5-17,32-33,36-41,44-45,50-51,53-57H,18-20H2,1-4H3,(H2-,46,47,52,58,59,60)/p+1/t32-,33-,36+,37+,38-,39-,40-,41-,44-,45+/m1/s1. The molecule has 3 aromatic carbocycles. The van der Waals surface area contributed by atoms with Gasteiger partial charge in [0.05, 0.1) is 31.4 Å². The average molecular weight is 904 g/mol. The molecule has 10 N–H and O–H groups in total. The Bertz CT molecular complexity index is 2580. The smallest absolute Gasteiger partial charge is 0.336 e. The highest BCUT2D eigenvalue weighted by Gasteiger charge is 2.51. The number of hydrogen-bond donors (Lipinski definition) is 10. The van der Waals surface area contributed by atoms with Crippen molar-refractivity contribution in [1.82, 2.24) is 9.89 Å². The molecule has 20 heteroatoms. The minimum atomic E-state index is -1.82. The molecule has 0 aromatic heterocycles. The number of carbonyl (C=O) groups excluding carboxylic acids is 2. The molecule has 0 saturated carbocycles. The van der Waals surface area contributed by atoms with Crippen LogP contribution in [-0.2, 0) is 19.0 Å². The third-order valence-corrected chi connectivity index (χ3v) is 11.3. The van der Waals surface area contributed by atoms with Crippen LogP contribution in [0.3, 0.4) is 0 Å². The lowest BCUT2D eigenvalue weighted by Crippen LogP contribution is -2.65. The number of rotatable bonds is 13. The van der Waals surface area contributed by atoms with Crippen LogP contribution in [0.4, 0.5) is 11.4 Å². The van der Waals surface area contributed by atoms with Crippen LogP contribution in [0.5, 0.6) is 5.75 Å². The number of benzene rings is 4. The Balaban J connectivity index is 1.01. The molecule has 2 fully saturated rings. The molecule has 10 atom stereocenters. The van der Waals surface area contributed by atoms with Gasteiger partial charge in [-0.3, -0.25) is 9.59 Å². The minimum absolute atomic E-state index is 0.0483. The summed E-state index contributed by atoms with van der Waals surface area (Å²) in [5.41, 5.74) is 3.15. The zero-order valence-corrected chi connectivity index (χ0v) is 35.6. The van der Waals surface area contributed by atoms with Gasteiger partial charge in [-0.15, -0.1) is 0 Å². The maximum Gasteiger partial charge on any atom is 0.336 e. The minimum Gasteiger partial charge on any atom is -0.478 e. The summed E-state index contributed by atoms with van der Waals surface area (Å²) in [6, 6.07) is 21.1. The van der Waals surface area contributed by atoms with Crippen molar-refractivity contribution in [3.8, 4) is 28.2 Å². The number of carbonyl (C=O) groups is 3. The molecule has 346 valence electrons. The number of carboxylic acid groups (broad SMARTS) is 1. The van der Waals surface area contributed by atoms with Crippen LogP contribution >= 0.6 is 0 Å². The first kappa shape index (κ1) is 46.9. The summed E-state index contributed by atoms with van der Waals surface area (Å²) in [6.45, 7) is -1.95. The third-order valence-electron chi connectivity index (χ3n) is 11.3. The lowest BCUT2D eigenvalue weighted by molar-refractivity contribution is -0.352. The number of ether oxygens (including phenoxy) is 4. The van der Waals surface area contributed by atoms with Crippen molar-refractivity contribution in [2.45, 2.75) is 61.4 Å². The molecule has 3 heterocycles. The average Bonchev–Trinajstić information content (AvgIpc) is 3.29. The zero-order chi connectivity index (χ0) is 46.9. The van der Waals surface area contributed by atoms with E-state index in [0.29, 0.717) is 33.5 Å². The van der Waals surface area contributed by atoms with E-state index < -0.39 is 99.0 Å². The Labute approximate surface area is 371 Å². The highest BCUT2D eigenvalue weighted by Crippen LogP contribution is 2.42. The normalized spacial score (nSPS) is 25.5. The van der Waals surface area contributed by atoms with Gasteiger partial charge in [0.2, 0.25) is 17.6 Å². The summed E-state index contributed by atoms with van der Waals surface area (Å²) >= 11 is 0. The number of nitrogens with one attached hydrogen (secondary N) is 2. The summed E-state index contributed by atoms with van der Waals surface area (Å²) in [5.74, 6) is -1.84. The Morgan fingerprint density at radius 3 is 2.11 bits per heavy atom. The largest absolute Gasteiger partial charge is 0.478 e. The van der Waals surface area contributed by atoms with E-state index in [9.17, 15) is 55.2 Å². The van der Waals surface area contributed by atoms with E-state index in [1.807, 2.05) is 74.1 Å². The fraction of sp³-hybridized carbons (Fsp3) is 0.378. The van der Waals surface area contributed by atoms with Crippen LogP contribution in [0.1, 0.15) is 20.7 Å². The number of fused-ring (bicyclic) bond motifs is 2. The number of nitrogens with zero attached hydrogens (tertiary/aromatic N) is 2. The molecule has 2 amide bonds. The fourth-order valence-electron chi connectivity index (χ4n) is 7.66. The summed E-state index contributed by atoms with van der Waals surface area (Å²) in [5, 5.41) is 88.8. The molecule has 1 aliphatic carbocycles. The lowest BCUT2D eigenvalue weighted by Gasteiger charge is -2.45. The van der Waals surface area contributed by atoms with Crippen LogP contribution in [0.25, 0.3) is 33.4 Å². The third kappa shape index (κ3) is 9.82. The van der Waals surface area contributed by atoms with Gasteiger partial charge in [-0.1, -0.05) is 0 Å². The van der Waals surface area contributed by atoms with Gasteiger partial charge >= 0.3 is 5.97 Å². The first-order valence-electron chi connectivity index (χ1n) is 20.5. The van der Waals surface area contributed by atoms with Crippen molar-refractivity contribution >= 4 is 40.1 Å². The van der Waals surface area contributed by atoms with Crippen molar-refractivity contribution in [2.75, 3.05) is 58.2 Å². The van der Waals surface area contributed by atoms with Crippen LogP contribution in [-0.4, -0.2) is 168 Å². The summed E-state index contributed by atoms with van der Waals surface area (Å²) in [7, 11) is 7.56. The van der Waals surface area contributed by atoms with Gasteiger partial charge in [-0.25, -0.2) is 9.37 Å². The van der Waals surface area contributed by atoms with Gasteiger partial charge in [0.25, 0.3) is 5.91 Å². The number of amides is 2. The number of aliphatic hydroxyl groups excluding tert-OH is 7. The highest BCUT2D eigenvalue weighted by molar-refractivity contribution is 6.09. The summed E-state index contributed by atoms with van der Waals surface area (Å²) < 4.78 is 30.6. The van der Waals surface area contributed by atoms with Crippen molar-refractivity contribution in [1.29, 1.82) is 0 Å². The van der Waals surface area contributed by atoms with Gasteiger partial charge in [0.1, 0.15) is 80.0 Å². The molecule has 3 aromatic rings. The first-order chi connectivity index (χ1) is 31.0. The predicted octanol–water partition coefficient (Wildman–Crippen LogP) is -0.628. The van der Waals surface area contributed by atoms with Crippen LogP contribution in [0.2, 0.25) is 0 Å². The second kappa shape index (κ2) is 19.6. The maximum absolute atomic E-state index is 13.5.